The van der Waals surface area contributed by atoms with Gasteiger partial charge in [-0.25, -0.2) is 0 Å². The number of hydrogen-bond acceptors (Lipinski definition) is 3. The van der Waals surface area contributed by atoms with Gasteiger partial charge in [-0.15, -0.1) is 24.0 Å². The van der Waals surface area contributed by atoms with Gasteiger partial charge < -0.3 is 16.0 Å². The number of hydrogen-bond donors (Lipinski definition) is 2. The molecule has 3 N–H and O–H groups in total. The molecule has 6 heteroatoms. The number of rotatable bonds is 8. The maximum atomic E-state index is 5.90. The number of nitrogens with one attached hydrogen (secondary N) is 1. The summed E-state index contributed by atoms with van der Waals surface area (Å²) in [5.74, 6) is 0.600. The van der Waals surface area contributed by atoms with Crippen LogP contribution in [-0.4, -0.2) is 68.1 Å². The fourth-order valence-corrected chi connectivity index (χ4v) is 2.43. The van der Waals surface area contributed by atoms with Gasteiger partial charge in [-0.1, -0.05) is 26.2 Å². The molecular weight excluding hydrogens is 377 g/mol. The molecule has 0 spiro atoms. The minimum atomic E-state index is 0. The molecule has 1 aliphatic rings. The highest BCUT2D eigenvalue weighted by Gasteiger charge is 2.18. The van der Waals surface area contributed by atoms with Gasteiger partial charge in [0, 0.05) is 38.8 Å². The second kappa shape index (κ2) is 12.5. The summed E-state index contributed by atoms with van der Waals surface area (Å²) in [6.45, 7) is 10.8. The first-order chi connectivity index (χ1) is 9.63. The van der Waals surface area contributed by atoms with Crippen LogP contribution in [0.1, 0.15) is 39.5 Å². The minimum absolute atomic E-state index is 0. The zero-order valence-electron chi connectivity index (χ0n) is 14.0. The summed E-state index contributed by atoms with van der Waals surface area (Å²) >= 11 is 0. The molecule has 21 heavy (non-hydrogen) atoms. The lowest BCUT2D eigenvalue weighted by molar-refractivity contribution is 0.122. The second-order valence-corrected chi connectivity index (χ2v) is 5.90. The Labute approximate surface area is 147 Å². The third-order valence-electron chi connectivity index (χ3n) is 4.02. The molecule has 1 aliphatic heterocycles. The predicted molar refractivity (Wildman–Crippen MR) is 103 cm³/mol. The van der Waals surface area contributed by atoms with Gasteiger partial charge in [0.05, 0.1) is 6.54 Å². The monoisotopic (exact) mass is 411 g/mol. The van der Waals surface area contributed by atoms with Crippen LogP contribution in [0.2, 0.25) is 0 Å². The average molecular weight is 411 g/mol. The van der Waals surface area contributed by atoms with E-state index in [-0.39, 0.29) is 24.0 Å². The van der Waals surface area contributed by atoms with Crippen LogP contribution in [0, 0.1) is 0 Å². The SMILES string of the molecule is CCCCCCNC(N)=NCC(C)N1CCN(C)CC1.I. The molecule has 1 heterocycles. The molecule has 0 aromatic carbocycles. The average Bonchev–Trinajstić information content (AvgIpc) is 2.45. The van der Waals surface area contributed by atoms with Crippen LogP contribution in [0.15, 0.2) is 4.99 Å². The van der Waals surface area contributed by atoms with Crippen molar-refractivity contribution in [3.8, 4) is 0 Å². The van der Waals surface area contributed by atoms with E-state index in [1.54, 1.807) is 0 Å². The summed E-state index contributed by atoms with van der Waals surface area (Å²) in [4.78, 5) is 9.34. The topological polar surface area (TPSA) is 56.9 Å². The lowest BCUT2D eigenvalue weighted by atomic mass is 10.2. The van der Waals surface area contributed by atoms with Crippen LogP contribution < -0.4 is 11.1 Å². The van der Waals surface area contributed by atoms with Crippen LogP contribution >= 0.6 is 24.0 Å². The van der Waals surface area contributed by atoms with E-state index in [1.807, 2.05) is 0 Å². The molecule has 1 rings (SSSR count). The Kier molecular flexibility index (Phi) is 12.4. The Morgan fingerprint density at radius 2 is 1.86 bits per heavy atom. The summed E-state index contributed by atoms with van der Waals surface area (Å²) < 4.78 is 0. The van der Waals surface area contributed by atoms with Crippen molar-refractivity contribution in [1.82, 2.24) is 15.1 Å². The largest absolute Gasteiger partial charge is 0.370 e. The van der Waals surface area contributed by atoms with Crippen molar-refractivity contribution >= 4 is 29.9 Å². The van der Waals surface area contributed by atoms with Crippen LogP contribution in [-0.2, 0) is 0 Å². The third-order valence-corrected chi connectivity index (χ3v) is 4.02. The van der Waals surface area contributed by atoms with E-state index in [9.17, 15) is 0 Å². The Hall–Kier alpha value is -0.0800. The van der Waals surface area contributed by atoms with Crippen molar-refractivity contribution in [3.05, 3.63) is 0 Å². The number of unbranched alkanes of at least 4 members (excludes halogenated alkanes) is 3. The highest BCUT2D eigenvalue weighted by molar-refractivity contribution is 14.0. The fourth-order valence-electron chi connectivity index (χ4n) is 2.43. The van der Waals surface area contributed by atoms with E-state index in [0.29, 0.717) is 12.0 Å². The summed E-state index contributed by atoms with van der Waals surface area (Å²) in [5.41, 5.74) is 5.90. The van der Waals surface area contributed by atoms with Crippen molar-refractivity contribution in [2.24, 2.45) is 10.7 Å². The molecule has 0 saturated carbocycles. The lowest BCUT2D eigenvalue weighted by Gasteiger charge is -2.35. The molecule has 0 radical (unpaired) electrons. The van der Waals surface area contributed by atoms with Crippen LogP contribution in [0.25, 0.3) is 0 Å². The molecule has 0 aromatic heterocycles. The van der Waals surface area contributed by atoms with Gasteiger partial charge in [-0.05, 0) is 20.4 Å². The van der Waals surface area contributed by atoms with Crippen LogP contribution in [0.4, 0.5) is 0 Å². The first kappa shape index (κ1) is 20.9. The van der Waals surface area contributed by atoms with Gasteiger partial charge >= 0.3 is 0 Å². The summed E-state index contributed by atoms with van der Waals surface area (Å²) in [7, 11) is 2.18. The maximum absolute atomic E-state index is 5.90. The number of piperazine rings is 1. The van der Waals surface area contributed by atoms with E-state index in [0.717, 1.165) is 39.3 Å². The van der Waals surface area contributed by atoms with Crippen molar-refractivity contribution < 1.29 is 0 Å². The van der Waals surface area contributed by atoms with Crippen molar-refractivity contribution in [2.75, 3.05) is 46.3 Å². The maximum Gasteiger partial charge on any atom is 0.188 e. The molecule has 0 bridgehead atoms. The first-order valence-corrected chi connectivity index (χ1v) is 8.10. The Morgan fingerprint density at radius 1 is 1.19 bits per heavy atom. The molecule has 1 atom stereocenters. The Balaban J connectivity index is 0.00000400. The standard InChI is InChI=1S/C15H33N5.HI/c1-4-5-6-7-8-17-15(16)18-13-14(2)20-11-9-19(3)10-12-20;/h14H,4-13H2,1-3H3,(H3,16,17,18);1H. The molecule has 0 aromatic rings. The molecular formula is C15H34IN5. The van der Waals surface area contributed by atoms with Crippen molar-refractivity contribution in [2.45, 2.75) is 45.6 Å². The quantitative estimate of drug-likeness (QED) is 0.277. The minimum Gasteiger partial charge on any atom is -0.370 e. The molecule has 5 nitrogen and oxygen atoms in total. The summed E-state index contributed by atoms with van der Waals surface area (Å²) in [6, 6.07) is 0.476. The molecule has 0 amide bonds. The first-order valence-electron chi connectivity index (χ1n) is 8.10. The fraction of sp³-hybridized carbons (Fsp3) is 0.933. The molecule has 1 fully saturated rings. The third kappa shape index (κ3) is 9.52. The normalized spacial score (nSPS) is 19.1. The zero-order valence-corrected chi connectivity index (χ0v) is 16.3. The number of likely N-dealkylation sites (N-methyl/N-ethyl adjacent to an activating group) is 1. The van der Waals surface area contributed by atoms with Crippen LogP contribution in [0.3, 0.4) is 0 Å². The molecule has 1 unspecified atom stereocenters. The van der Waals surface area contributed by atoms with Gasteiger partial charge in [0.2, 0.25) is 0 Å². The second-order valence-electron chi connectivity index (χ2n) is 5.90. The van der Waals surface area contributed by atoms with Gasteiger partial charge in [-0.3, -0.25) is 9.89 Å². The Bertz CT molecular complexity index is 277. The number of nitrogens with two attached hydrogens (primary N) is 1. The van der Waals surface area contributed by atoms with E-state index in [1.165, 1.54) is 25.7 Å². The van der Waals surface area contributed by atoms with E-state index < -0.39 is 0 Å². The van der Waals surface area contributed by atoms with Gasteiger partial charge in [0.1, 0.15) is 0 Å². The van der Waals surface area contributed by atoms with Gasteiger partial charge in [0.15, 0.2) is 5.96 Å². The summed E-state index contributed by atoms with van der Waals surface area (Å²) in [5, 5.41) is 3.21. The van der Waals surface area contributed by atoms with Gasteiger partial charge in [-0.2, -0.15) is 0 Å². The van der Waals surface area contributed by atoms with E-state index in [4.69, 9.17) is 5.73 Å². The molecule has 0 aliphatic carbocycles. The van der Waals surface area contributed by atoms with Crippen LogP contribution in [0.5, 0.6) is 0 Å². The lowest BCUT2D eigenvalue weighted by Crippen LogP contribution is -2.49. The van der Waals surface area contributed by atoms with Crippen molar-refractivity contribution in [1.29, 1.82) is 0 Å². The summed E-state index contributed by atoms with van der Waals surface area (Å²) in [6.07, 6.45) is 5.03. The van der Waals surface area contributed by atoms with Gasteiger partial charge in [0.25, 0.3) is 0 Å². The number of aliphatic imine (C=N–C) groups is 1. The smallest absolute Gasteiger partial charge is 0.188 e. The van der Waals surface area contributed by atoms with E-state index in [2.05, 4.69) is 41.0 Å². The number of halogens is 1. The molecule has 126 valence electrons. The van der Waals surface area contributed by atoms with Crippen molar-refractivity contribution in [3.63, 3.8) is 0 Å². The zero-order chi connectivity index (χ0) is 14.8. The molecule has 1 saturated heterocycles. The highest BCUT2D eigenvalue weighted by atomic mass is 127. The predicted octanol–water partition coefficient (Wildman–Crippen LogP) is 1.72. The number of nitrogens with zero attached hydrogens (tertiary/aromatic N) is 3. The number of guanidine groups is 1. The highest BCUT2D eigenvalue weighted by Crippen LogP contribution is 2.05. The van der Waals surface area contributed by atoms with E-state index >= 15 is 0 Å². The Morgan fingerprint density at radius 3 is 2.48 bits per heavy atom.